The molecule has 0 aromatic rings. The maximum atomic E-state index is 12.1. The van der Waals surface area contributed by atoms with Gasteiger partial charge >= 0.3 is 5.97 Å². The number of likely N-dealkylation sites (tertiary alicyclic amines) is 1. The minimum atomic E-state index is -0.883. The summed E-state index contributed by atoms with van der Waals surface area (Å²) in [5.41, 5.74) is 0. The van der Waals surface area contributed by atoms with Gasteiger partial charge < -0.3 is 15.3 Å². The number of hydrogen-bond acceptors (Lipinski definition) is 4. The number of carbonyl (C=O) groups excluding carboxylic acids is 2. The molecule has 0 spiro atoms. The number of carboxylic acids is 1. The average Bonchev–Trinajstić information content (AvgIpc) is 2.45. The fraction of sp³-hybridized carbons (Fsp3) is 0.786. The second-order valence-electron chi connectivity index (χ2n) is 5.42. The number of nitrogens with zero attached hydrogens (tertiary/aromatic N) is 2. The van der Waals surface area contributed by atoms with E-state index in [1.807, 2.05) is 6.92 Å². The Bertz CT molecular complexity index is 386. The third kappa shape index (κ3) is 5.71. The normalized spacial score (nSPS) is 19.0. The number of carbonyl (C=O) groups is 3. The maximum absolute atomic E-state index is 12.1. The van der Waals surface area contributed by atoms with Gasteiger partial charge in [-0.1, -0.05) is 13.3 Å². The highest BCUT2D eigenvalue weighted by atomic mass is 16.4. The van der Waals surface area contributed by atoms with Gasteiger partial charge in [0.05, 0.1) is 13.1 Å². The molecular formula is C14H25N3O4. The molecule has 0 aromatic heterocycles. The van der Waals surface area contributed by atoms with Crippen LogP contribution in [-0.4, -0.2) is 72.0 Å². The molecule has 1 heterocycles. The lowest BCUT2D eigenvalue weighted by atomic mass is 10.0. The lowest BCUT2D eigenvalue weighted by molar-refractivity contribution is -0.146. The topological polar surface area (TPSA) is 90.0 Å². The van der Waals surface area contributed by atoms with Crippen LogP contribution in [0.1, 0.15) is 32.6 Å². The summed E-state index contributed by atoms with van der Waals surface area (Å²) in [6.07, 6.45) is 3.19. The summed E-state index contributed by atoms with van der Waals surface area (Å²) in [6, 6.07) is -0.593. The van der Waals surface area contributed by atoms with E-state index in [-0.39, 0.29) is 24.9 Å². The van der Waals surface area contributed by atoms with Crippen LogP contribution in [-0.2, 0) is 14.4 Å². The number of piperidine rings is 1. The van der Waals surface area contributed by atoms with Gasteiger partial charge in [0.15, 0.2) is 0 Å². The second-order valence-corrected chi connectivity index (χ2v) is 5.42. The Morgan fingerprint density at radius 1 is 1.33 bits per heavy atom. The van der Waals surface area contributed by atoms with Crippen molar-refractivity contribution < 1.29 is 19.5 Å². The Morgan fingerprint density at radius 3 is 2.67 bits per heavy atom. The Labute approximate surface area is 125 Å². The fourth-order valence-corrected chi connectivity index (χ4v) is 2.38. The van der Waals surface area contributed by atoms with Crippen molar-refractivity contribution in [3.8, 4) is 0 Å². The lowest BCUT2D eigenvalue weighted by Crippen LogP contribution is -2.50. The molecule has 0 aromatic carbocycles. The van der Waals surface area contributed by atoms with Crippen LogP contribution < -0.4 is 5.32 Å². The standard InChI is InChI=1S/C14H25N3O4/c1-3-7-15-12(18)9-16(2)13(19)10-17-8-5-4-6-11(17)14(20)21/h11H,3-10H2,1-2H3,(H,15,18)(H,20,21). The third-order valence-electron chi connectivity index (χ3n) is 3.62. The van der Waals surface area contributed by atoms with E-state index in [0.717, 1.165) is 19.3 Å². The van der Waals surface area contributed by atoms with Crippen LogP contribution in [0.3, 0.4) is 0 Å². The van der Waals surface area contributed by atoms with Gasteiger partial charge in [-0.05, 0) is 25.8 Å². The number of rotatable bonds is 7. The summed E-state index contributed by atoms with van der Waals surface area (Å²) >= 11 is 0. The number of amides is 2. The maximum Gasteiger partial charge on any atom is 0.320 e. The minimum absolute atomic E-state index is 0.00438. The molecule has 1 fully saturated rings. The van der Waals surface area contributed by atoms with Crippen LogP contribution in [0.5, 0.6) is 0 Å². The van der Waals surface area contributed by atoms with Crippen LogP contribution >= 0.6 is 0 Å². The highest BCUT2D eigenvalue weighted by molar-refractivity contribution is 5.86. The van der Waals surface area contributed by atoms with Gasteiger partial charge in [0.2, 0.25) is 11.8 Å². The Hall–Kier alpha value is -1.63. The van der Waals surface area contributed by atoms with E-state index in [1.165, 1.54) is 4.90 Å². The van der Waals surface area contributed by atoms with Crippen molar-refractivity contribution in [2.75, 3.05) is 33.2 Å². The minimum Gasteiger partial charge on any atom is -0.480 e. The summed E-state index contributed by atoms with van der Waals surface area (Å²) in [6.45, 7) is 3.21. The van der Waals surface area contributed by atoms with Crippen LogP contribution in [0.15, 0.2) is 0 Å². The first-order valence-electron chi connectivity index (χ1n) is 7.43. The Kier molecular flexibility index (Phi) is 7.14. The predicted octanol–water partition coefficient (Wildman–Crippen LogP) is -0.0899. The van der Waals surface area contributed by atoms with Gasteiger partial charge in [0, 0.05) is 13.6 Å². The fourth-order valence-electron chi connectivity index (χ4n) is 2.38. The molecule has 2 N–H and O–H groups in total. The zero-order valence-electron chi connectivity index (χ0n) is 12.8. The number of aliphatic carboxylic acids is 1. The van der Waals surface area contributed by atoms with E-state index in [2.05, 4.69) is 5.32 Å². The van der Waals surface area contributed by atoms with Gasteiger partial charge in [0.25, 0.3) is 0 Å². The first-order chi connectivity index (χ1) is 9.95. The molecule has 0 saturated carbocycles. The van der Waals surface area contributed by atoms with E-state index in [9.17, 15) is 19.5 Å². The van der Waals surface area contributed by atoms with Gasteiger partial charge in [-0.25, -0.2) is 0 Å². The molecule has 21 heavy (non-hydrogen) atoms. The summed E-state index contributed by atoms with van der Waals surface area (Å²) in [5, 5.41) is 11.9. The summed E-state index contributed by atoms with van der Waals surface area (Å²) in [4.78, 5) is 37.9. The van der Waals surface area contributed by atoms with E-state index < -0.39 is 12.0 Å². The third-order valence-corrected chi connectivity index (χ3v) is 3.62. The molecule has 0 radical (unpaired) electrons. The number of likely N-dealkylation sites (N-methyl/N-ethyl adjacent to an activating group) is 1. The number of carboxylic acid groups (broad SMARTS) is 1. The molecule has 2 amide bonds. The van der Waals surface area contributed by atoms with Crippen LogP contribution in [0, 0.1) is 0 Å². The Balaban J connectivity index is 2.46. The van der Waals surface area contributed by atoms with Crippen LogP contribution in [0.25, 0.3) is 0 Å². The first kappa shape index (κ1) is 17.4. The van der Waals surface area contributed by atoms with Gasteiger partial charge in [-0.2, -0.15) is 0 Å². The van der Waals surface area contributed by atoms with Crippen molar-refractivity contribution in [1.82, 2.24) is 15.1 Å². The molecule has 120 valence electrons. The molecule has 0 aliphatic carbocycles. The highest BCUT2D eigenvalue weighted by Gasteiger charge is 2.30. The average molecular weight is 299 g/mol. The van der Waals surface area contributed by atoms with Gasteiger partial charge in [-0.3, -0.25) is 19.3 Å². The zero-order chi connectivity index (χ0) is 15.8. The molecule has 7 heteroatoms. The van der Waals surface area contributed by atoms with Crippen LogP contribution in [0.4, 0.5) is 0 Å². The van der Waals surface area contributed by atoms with E-state index in [0.29, 0.717) is 19.5 Å². The molecular weight excluding hydrogens is 274 g/mol. The van der Waals surface area contributed by atoms with Crippen molar-refractivity contribution >= 4 is 17.8 Å². The SMILES string of the molecule is CCCNC(=O)CN(C)C(=O)CN1CCCCC1C(=O)O. The first-order valence-corrected chi connectivity index (χ1v) is 7.43. The molecule has 1 saturated heterocycles. The predicted molar refractivity (Wildman–Crippen MR) is 77.8 cm³/mol. The van der Waals surface area contributed by atoms with Gasteiger partial charge in [-0.15, -0.1) is 0 Å². The molecule has 7 nitrogen and oxygen atoms in total. The smallest absolute Gasteiger partial charge is 0.320 e. The van der Waals surface area contributed by atoms with Crippen molar-refractivity contribution in [2.45, 2.75) is 38.6 Å². The van der Waals surface area contributed by atoms with Crippen molar-refractivity contribution in [2.24, 2.45) is 0 Å². The van der Waals surface area contributed by atoms with E-state index >= 15 is 0 Å². The number of hydrogen-bond donors (Lipinski definition) is 2. The second kappa shape index (κ2) is 8.61. The number of nitrogens with one attached hydrogen (secondary N) is 1. The highest BCUT2D eigenvalue weighted by Crippen LogP contribution is 2.17. The van der Waals surface area contributed by atoms with Crippen molar-refractivity contribution in [1.29, 1.82) is 0 Å². The molecule has 1 rings (SSSR count). The van der Waals surface area contributed by atoms with Crippen LogP contribution in [0.2, 0.25) is 0 Å². The van der Waals surface area contributed by atoms with E-state index in [1.54, 1.807) is 11.9 Å². The molecule has 1 atom stereocenters. The lowest BCUT2D eigenvalue weighted by Gasteiger charge is -2.33. The summed E-state index contributed by atoms with van der Waals surface area (Å²) in [5.74, 6) is -1.30. The van der Waals surface area contributed by atoms with Crippen molar-refractivity contribution in [3.63, 3.8) is 0 Å². The largest absolute Gasteiger partial charge is 0.480 e. The molecule has 1 aliphatic rings. The summed E-state index contributed by atoms with van der Waals surface area (Å²) in [7, 11) is 1.56. The summed E-state index contributed by atoms with van der Waals surface area (Å²) < 4.78 is 0. The molecule has 0 bridgehead atoms. The Morgan fingerprint density at radius 2 is 2.05 bits per heavy atom. The van der Waals surface area contributed by atoms with Crippen molar-refractivity contribution in [3.05, 3.63) is 0 Å². The van der Waals surface area contributed by atoms with Gasteiger partial charge in [0.1, 0.15) is 6.04 Å². The molecule has 1 unspecified atom stereocenters. The molecule has 1 aliphatic heterocycles. The van der Waals surface area contributed by atoms with E-state index in [4.69, 9.17) is 0 Å². The monoisotopic (exact) mass is 299 g/mol. The quantitative estimate of drug-likeness (QED) is 0.686. The zero-order valence-corrected chi connectivity index (χ0v) is 12.8.